The van der Waals surface area contributed by atoms with Crippen molar-refractivity contribution in [3.05, 3.63) is 45.1 Å². The standard InChI is InChI=1S/C15H17N3O5/c1-9(7-13(20)23-2)16-12(19)8-18-14(21)10-5-3-4-6-11(10)17-15(18)22/h3-6,9H,7-8H2,1-2H3,(H,16,19)(H,17,22)/t9-/m1/s1. The fourth-order valence-electron chi connectivity index (χ4n) is 2.19. The van der Waals surface area contributed by atoms with Crippen molar-refractivity contribution in [3.8, 4) is 0 Å². The molecule has 8 nitrogen and oxygen atoms in total. The second-order valence-corrected chi connectivity index (χ2v) is 5.12. The molecule has 2 aromatic rings. The molecule has 0 aliphatic rings. The summed E-state index contributed by atoms with van der Waals surface area (Å²) in [5, 5.41) is 2.87. The van der Waals surface area contributed by atoms with Crippen LogP contribution in [-0.2, 0) is 20.9 Å². The highest BCUT2D eigenvalue weighted by Gasteiger charge is 2.15. The number of H-pyrrole nitrogens is 1. The Balaban J connectivity index is 2.18. The van der Waals surface area contributed by atoms with Gasteiger partial charge in [-0.15, -0.1) is 0 Å². The van der Waals surface area contributed by atoms with Crippen molar-refractivity contribution in [1.82, 2.24) is 14.9 Å². The van der Waals surface area contributed by atoms with Crippen LogP contribution in [0, 0.1) is 0 Å². The largest absolute Gasteiger partial charge is 0.469 e. The van der Waals surface area contributed by atoms with Crippen molar-refractivity contribution in [2.75, 3.05) is 7.11 Å². The summed E-state index contributed by atoms with van der Waals surface area (Å²) in [7, 11) is 1.26. The van der Waals surface area contributed by atoms with Gasteiger partial charge in [0, 0.05) is 6.04 Å². The molecule has 1 atom stereocenters. The molecule has 0 fully saturated rings. The first-order chi connectivity index (χ1) is 10.9. The molecule has 23 heavy (non-hydrogen) atoms. The van der Waals surface area contributed by atoms with E-state index in [9.17, 15) is 19.2 Å². The highest BCUT2D eigenvalue weighted by atomic mass is 16.5. The first-order valence-electron chi connectivity index (χ1n) is 7.00. The summed E-state index contributed by atoms with van der Waals surface area (Å²) in [6.45, 7) is 1.20. The lowest BCUT2D eigenvalue weighted by molar-refractivity contribution is -0.141. The van der Waals surface area contributed by atoms with Gasteiger partial charge in [-0.3, -0.25) is 19.0 Å². The van der Waals surface area contributed by atoms with E-state index in [2.05, 4.69) is 15.0 Å². The van der Waals surface area contributed by atoms with Crippen LogP contribution in [0.5, 0.6) is 0 Å². The Labute approximate surface area is 131 Å². The number of benzene rings is 1. The molecule has 0 aliphatic heterocycles. The lowest BCUT2D eigenvalue weighted by atomic mass is 10.2. The monoisotopic (exact) mass is 319 g/mol. The van der Waals surface area contributed by atoms with Crippen LogP contribution >= 0.6 is 0 Å². The Kier molecular flexibility index (Phi) is 4.95. The summed E-state index contributed by atoms with van der Waals surface area (Å²) < 4.78 is 5.33. The number of hydrogen-bond donors (Lipinski definition) is 2. The van der Waals surface area contributed by atoms with E-state index in [0.717, 1.165) is 4.57 Å². The van der Waals surface area contributed by atoms with Crippen LogP contribution in [0.1, 0.15) is 13.3 Å². The molecular weight excluding hydrogens is 302 g/mol. The van der Waals surface area contributed by atoms with Gasteiger partial charge in [0.05, 0.1) is 24.4 Å². The molecule has 1 heterocycles. The van der Waals surface area contributed by atoms with E-state index >= 15 is 0 Å². The number of esters is 1. The Hall–Kier alpha value is -2.90. The number of aromatic nitrogens is 2. The minimum Gasteiger partial charge on any atom is -0.469 e. The van der Waals surface area contributed by atoms with Gasteiger partial charge < -0.3 is 15.0 Å². The van der Waals surface area contributed by atoms with Gasteiger partial charge >= 0.3 is 11.7 Å². The predicted octanol–water partition coefficient (Wildman–Crippen LogP) is -0.242. The molecule has 0 saturated carbocycles. The number of rotatable bonds is 5. The van der Waals surface area contributed by atoms with Crippen molar-refractivity contribution >= 4 is 22.8 Å². The maximum absolute atomic E-state index is 12.3. The normalized spacial score (nSPS) is 11.9. The maximum atomic E-state index is 12.3. The summed E-state index contributed by atoms with van der Waals surface area (Å²) in [6, 6.07) is 6.09. The van der Waals surface area contributed by atoms with E-state index in [1.165, 1.54) is 7.11 Å². The summed E-state index contributed by atoms with van der Waals surface area (Å²) in [5.41, 5.74) is -0.789. The van der Waals surface area contributed by atoms with E-state index in [0.29, 0.717) is 10.9 Å². The number of ether oxygens (including phenoxy) is 1. The summed E-state index contributed by atoms with van der Waals surface area (Å²) in [6.07, 6.45) is 0.00517. The molecule has 2 N–H and O–H groups in total. The number of amides is 1. The molecule has 0 unspecified atom stereocenters. The number of nitrogens with zero attached hydrogens (tertiary/aromatic N) is 1. The first-order valence-corrected chi connectivity index (χ1v) is 7.00. The molecular formula is C15H17N3O5. The summed E-state index contributed by atoms with van der Waals surface area (Å²) in [4.78, 5) is 49.9. The third-order valence-electron chi connectivity index (χ3n) is 3.30. The van der Waals surface area contributed by atoms with Crippen molar-refractivity contribution < 1.29 is 14.3 Å². The smallest absolute Gasteiger partial charge is 0.329 e. The van der Waals surface area contributed by atoms with Crippen molar-refractivity contribution in [2.24, 2.45) is 0 Å². The number of nitrogens with one attached hydrogen (secondary N) is 2. The molecule has 0 aliphatic carbocycles. The Bertz CT molecular complexity index is 852. The van der Waals surface area contributed by atoms with Gasteiger partial charge in [-0.2, -0.15) is 0 Å². The Morgan fingerprint density at radius 3 is 2.70 bits per heavy atom. The van der Waals surface area contributed by atoms with Gasteiger partial charge in [0.2, 0.25) is 5.91 Å². The number of carbonyl (C=O) groups is 2. The van der Waals surface area contributed by atoms with Crippen LogP contribution in [-0.4, -0.2) is 34.6 Å². The number of carbonyl (C=O) groups excluding carboxylic acids is 2. The molecule has 0 radical (unpaired) electrons. The SMILES string of the molecule is COC(=O)C[C@@H](C)NC(=O)Cn1c(=O)[nH]c2ccccc2c1=O. The van der Waals surface area contributed by atoms with Gasteiger partial charge in [-0.25, -0.2) is 4.79 Å². The van der Waals surface area contributed by atoms with Gasteiger partial charge in [0.25, 0.3) is 5.56 Å². The topological polar surface area (TPSA) is 110 Å². The van der Waals surface area contributed by atoms with Gasteiger partial charge in [0.1, 0.15) is 6.54 Å². The molecule has 1 amide bonds. The van der Waals surface area contributed by atoms with Crippen molar-refractivity contribution in [3.63, 3.8) is 0 Å². The van der Waals surface area contributed by atoms with E-state index in [4.69, 9.17) is 0 Å². The average molecular weight is 319 g/mol. The second-order valence-electron chi connectivity index (χ2n) is 5.12. The lowest BCUT2D eigenvalue weighted by Crippen LogP contribution is -2.43. The van der Waals surface area contributed by atoms with E-state index in [-0.39, 0.29) is 6.42 Å². The van der Waals surface area contributed by atoms with Crippen LogP contribution in [0.3, 0.4) is 0 Å². The number of aromatic amines is 1. The molecule has 2 rings (SSSR count). The first kappa shape index (κ1) is 16.5. The van der Waals surface area contributed by atoms with Crippen LogP contribution in [0.15, 0.2) is 33.9 Å². The minimum atomic E-state index is -0.663. The number of methoxy groups -OCH3 is 1. The molecule has 122 valence electrons. The molecule has 0 bridgehead atoms. The number of hydrogen-bond acceptors (Lipinski definition) is 5. The molecule has 0 saturated heterocycles. The third-order valence-corrected chi connectivity index (χ3v) is 3.30. The zero-order chi connectivity index (χ0) is 17.0. The molecule has 1 aromatic heterocycles. The highest BCUT2D eigenvalue weighted by Crippen LogP contribution is 2.02. The molecule has 8 heteroatoms. The van der Waals surface area contributed by atoms with Crippen molar-refractivity contribution in [1.29, 1.82) is 0 Å². The van der Waals surface area contributed by atoms with Gasteiger partial charge in [-0.1, -0.05) is 12.1 Å². The lowest BCUT2D eigenvalue weighted by Gasteiger charge is -2.13. The van der Waals surface area contributed by atoms with E-state index in [1.54, 1.807) is 31.2 Å². The van der Waals surface area contributed by atoms with Gasteiger partial charge in [-0.05, 0) is 19.1 Å². The summed E-state index contributed by atoms with van der Waals surface area (Å²) >= 11 is 0. The average Bonchev–Trinajstić information content (AvgIpc) is 2.51. The minimum absolute atomic E-state index is 0.00517. The summed E-state index contributed by atoms with van der Waals surface area (Å²) in [5.74, 6) is -0.997. The number of para-hydroxylation sites is 1. The quantitative estimate of drug-likeness (QED) is 0.739. The molecule has 1 aromatic carbocycles. The maximum Gasteiger partial charge on any atom is 0.329 e. The zero-order valence-corrected chi connectivity index (χ0v) is 12.8. The zero-order valence-electron chi connectivity index (χ0n) is 12.8. The van der Waals surface area contributed by atoms with E-state index < -0.39 is 35.7 Å². The fraction of sp³-hybridized carbons (Fsp3) is 0.333. The fourth-order valence-corrected chi connectivity index (χ4v) is 2.19. The Morgan fingerprint density at radius 1 is 1.30 bits per heavy atom. The van der Waals surface area contributed by atoms with E-state index in [1.807, 2.05) is 0 Å². The van der Waals surface area contributed by atoms with Crippen LogP contribution < -0.4 is 16.6 Å². The number of fused-ring (bicyclic) bond motifs is 1. The predicted molar refractivity (Wildman–Crippen MR) is 83.1 cm³/mol. The van der Waals surface area contributed by atoms with Crippen LogP contribution in [0.25, 0.3) is 10.9 Å². The third kappa shape index (κ3) is 3.85. The van der Waals surface area contributed by atoms with Gasteiger partial charge in [0.15, 0.2) is 0 Å². The van der Waals surface area contributed by atoms with Crippen LogP contribution in [0.2, 0.25) is 0 Å². The van der Waals surface area contributed by atoms with Crippen LogP contribution in [0.4, 0.5) is 0 Å². The second kappa shape index (κ2) is 6.91. The highest BCUT2D eigenvalue weighted by molar-refractivity contribution is 5.79. The Morgan fingerprint density at radius 2 is 2.00 bits per heavy atom. The molecule has 0 spiro atoms. The van der Waals surface area contributed by atoms with Crippen molar-refractivity contribution in [2.45, 2.75) is 25.9 Å².